The third-order valence-electron chi connectivity index (χ3n) is 6.34. The van der Waals surface area contributed by atoms with Crippen molar-refractivity contribution in [3.8, 4) is 11.3 Å². The van der Waals surface area contributed by atoms with Gasteiger partial charge in [0.25, 0.3) is 5.56 Å². The molecule has 8 nitrogen and oxygen atoms in total. The molecule has 0 spiro atoms. The van der Waals surface area contributed by atoms with Crippen molar-refractivity contribution in [2.45, 2.75) is 26.8 Å². The number of benzene rings is 2. The summed E-state index contributed by atoms with van der Waals surface area (Å²) in [6.45, 7) is 5.31. The van der Waals surface area contributed by atoms with Gasteiger partial charge in [0.1, 0.15) is 17.3 Å². The summed E-state index contributed by atoms with van der Waals surface area (Å²) in [4.78, 5) is 42.7. The molecule has 39 heavy (non-hydrogen) atoms. The van der Waals surface area contributed by atoms with Gasteiger partial charge in [0.15, 0.2) is 4.80 Å². The van der Waals surface area contributed by atoms with E-state index in [1.165, 1.54) is 34.9 Å². The zero-order valence-corrected chi connectivity index (χ0v) is 22.0. The zero-order chi connectivity index (χ0) is 27.8. The van der Waals surface area contributed by atoms with Crippen molar-refractivity contribution in [3.05, 3.63) is 114 Å². The Labute approximate surface area is 225 Å². The van der Waals surface area contributed by atoms with Gasteiger partial charge in [0.05, 0.1) is 34.0 Å². The molecule has 3 heterocycles. The lowest BCUT2D eigenvalue weighted by Gasteiger charge is -2.24. The number of carboxylic acids is 1. The first kappa shape index (κ1) is 26.1. The molecule has 2 aromatic heterocycles. The number of aromatic nitrogens is 1. The minimum Gasteiger partial charge on any atom is -0.478 e. The van der Waals surface area contributed by atoms with Crippen LogP contribution in [0, 0.1) is 12.7 Å². The molecule has 5 rings (SSSR count). The second kappa shape index (κ2) is 10.3. The van der Waals surface area contributed by atoms with Crippen LogP contribution in [0.5, 0.6) is 0 Å². The van der Waals surface area contributed by atoms with Gasteiger partial charge in [-0.2, -0.15) is 0 Å². The summed E-state index contributed by atoms with van der Waals surface area (Å²) in [5, 5.41) is 9.22. The molecule has 4 aromatic rings. The van der Waals surface area contributed by atoms with Crippen LogP contribution >= 0.6 is 11.3 Å². The van der Waals surface area contributed by atoms with Gasteiger partial charge < -0.3 is 14.3 Å². The number of thiazole rings is 1. The molecule has 198 valence electrons. The number of nitrogens with zero attached hydrogens (tertiary/aromatic N) is 2. The van der Waals surface area contributed by atoms with Crippen molar-refractivity contribution in [1.82, 2.24) is 4.57 Å². The van der Waals surface area contributed by atoms with Gasteiger partial charge in [-0.25, -0.2) is 19.0 Å². The molecule has 0 saturated heterocycles. The number of halogens is 1. The first-order valence-corrected chi connectivity index (χ1v) is 12.9. The van der Waals surface area contributed by atoms with Crippen LogP contribution in [0.2, 0.25) is 0 Å². The molecule has 0 aliphatic carbocycles. The molecular weight excluding hydrogens is 523 g/mol. The Morgan fingerprint density at radius 2 is 1.90 bits per heavy atom. The molecule has 0 amide bonds. The first-order valence-electron chi connectivity index (χ1n) is 12.1. The first-order chi connectivity index (χ1) is 18.7. The van der Waals surface area contributed by atoms with Crippen LogP contribution in [-0.4, -0.2) is 28.2 Å². The van der Waals surface area contributed by atoms with Crippen LogP contribution in [-0.2, 0) is 9.53 Å². The number of aromatic carboxylic acids is 1. The molecule has 0 radical (unpaired) electrons. The van der Waals surface area contributed by atoms with E-state index in [1.54, 1.807) is 51.1 Å². The number of fused-ring (bicyclic) bond motifs is 1. The lowest BCUT2D eigenvalue weighted by molar-refractivity contribution is -0.139. The van der Waals surface area contributed by atoms with E-state index in [-0.39, 0.29) is 23.3 Å². The number of carbonyl (C=O) groups is 2. The molecule has 2 aromatic carbocycles. The van der Waals surface area contributed by atoms with Gasteiger partial charge >= 0.3 is 11.9 Å². The molecule has 0 unspecified atom stereocenters. The van der Waals surface area contributed by atoms with Gasteiger partial charge in [-0.15, -0.1) is 0 Å². The number of allylic oxidation sites excluding steroid dienone is 1. The highest BCUT2D eigenvalue weighted by Crippen LogP contribution is 2.31. The summed E-state index contributed by atoms with van der Waals surface area (Å²) in [5.74, 6) is -1.11. The normalized spacial score (nSPS) is 15.2. The zero-order valence-electron chi connectivity index (χ0n) is 21.2. The number of hydrogen-bond donors (Lipinski definition) is 1. The van der Waals surface area contributed by atoms with Gasteiger partial charge in [-0.1, -0.05) is 29.5 Å². The Hall–Kier alpha value is -4.57. The van der Waals surface area contributed by atoms with Crippen molar-refractivity contribution < 1.29 is 28.2 Å². The highest BCUT2D eigenvalue weighted by molar-refractivity contribution is 7.07. The van der Waals surface area contributed by atoms with Crippen LogP contribution < -0.4 is 14.9 Å². The number of furan rings is 1. The second-order valence-electron chi connectivity index (χ2n) is 8.89. The lowest BCUT2D eigenvalue weighted by Crippen LogP contribution is -2.39. The fourth-order valence-corrected chi connectivity index (χ4v) is 5.56. The van der Waals surface area contributed by atoms with Crippen LogP contribution in [0.25, 0.3) is 17.4 Å². The second-order valence-corrected chi connectivity index (χ2v) is 9.90. The predicted octanol–water partition coefficient (Wildman–Crippen LogP) is 4.20. The fourth-order valence-electron chi connectivity index (χ4n) is 4.53. The Bertz CT molecular complexity index is 1830. The maximum absolute atomic E-state index is 13.7. The number of hydrogen-bond acceptors (Lipinski definition) is 7. The molecule has 0 fully saturated rings. The standard InChI is InChI=1S/C29H23FN2O6S/c1-4-37-28(36)24-16(3)31-29-32(25(24)17-5-8-19(30)9-6-17)26(33)23(39-29)14-20-10-12-22(38-20)21-11-7-18(27(34)35)13-15(21)2/h5-14,25H,4H2,1-3H3,(H,34,35)/b23-14-/t25-/m1/s1. The summed E-state index contributed by atoms with van der Waals surface area (Å²) in [7, 11) is 0. The van der Waals surface area contributed by atoms with Gasteiger partial charge in [0.2, 0.25) is 0 Å². The summed E-state index contributed by atoms with van der Waals surface area (Å²) >= 11 is 1.15. The average molecular weight is 547 g/mol. The molecule has 0 bridgehead atoms. The molecular formula is C29H23FN2O6S. The number of rotatable bonds is 6. The topological polar surface area (TPSA) is 111 Å². The van der Waals surface area contributed by atoms with E-state index < -0.39 is 23.8 Å². The van der Waals surface area contributed by atoms with Crippen LogP contribution in [0.15, 0.2) is 80.1 Å². The highest BCUT2D eigenvalue weighted by atomic mass is 32.1. The van der Waals surface area contributed by atoms with E-state index in [9.17, 15) is 23.9 Å². The van der Waals surface area contributed by atoms with Gasteiger partial charge in [-0.05, 0) is 68.3 Å². The summed E-state index contributed by atoms with van der Waals surface area (Å²) in [6, 6.07) is 13.0. The fraction of sp³-hybridized carbons (Fsp3) is 0.172. The third kappa shape index (κ3) is 4.86. The van der Waals surface area contributed by atoms with Crippen molar-refractivity contribution in [3.63, 3.8) is 0 Å². The predicted molar refractivity (Wildman–Crippen MR) is 143 cm³/mol. The van der Waals surface area contributed by atoms with E-state index in [0.717, 1.165) is 22.5 Å². The van der Waals surface area contributed by atoms with Crippen molar-refractivity contribution in [2.24, 2.45) is 4.99 Å². The van der Waals surface area contributed by atoms with Crippen LogP contribution in [0.3, 0.4) is 0 Å². The van der Waals surface area contributed by atoms with Crippen molar-refractivity contribution in [1.29, 1.82) is 0 Å². The molecule has 1 atom stereocenters. The molecule has 1 N–H and O–H groups in total. The largest absolute Gasteiger partial charge is 0.478 e. The molecule has 1 aliphatic heterocycles. The van der Waals surface area contributed by atoms with Gasteiger partial charge in [-0.3, -0.25) is 9.36 Å². The summed E-state index contributed by atoms with van der Waals surface area (Å²) in [6.07, 6.45) is 1.60. The van der Waals surface area contributed by atoms with Crippen molar-refractivity contribution >= 4 is 29.4 Å². The van der Waals surface area contributed by atoms with Crippen LogP contribution in [0.1, 0.15) is 47.1 Å². The number of esters is 1. The van der Waals surface area contributed by atoms with Gasteiger partial charge in [0, 0.05) is 11.6 Å². The SMILES string of the molecule is CCOC(=O)C1=C(C)N=c2s/c(=C\c3ccc(-c4ccc(C(=O)O)cc4C)o3)c(=O)n2[C@@H]1c1ccc(F)cc1. The maximum Gasteiger partial charge on any atom is 0.338 e. The minimum absolute atomic E-state index is 0.148. The molecule has 0 saturated carbocycles. The van der Waals surface area contributed by atoms with E-state index in [1.807, 2.05) is 0 Å². The van der Waals surface area contributed by atoms with E-state index >= 15 is 0 Å². The number of carbonyl (C=O) groups excluding carboxylic acids is 1. The summed E-state index contributed by atoms with van der Waals surface area (Å²) in [5.41, 5.74) is 2.42. The van der Waals surface area contributed by atoms with Crippen molar-refractivity contribution in [2.75, 3.05) is 6.61 Å². The Balaban J connectivity index is 1.60. The van der Waals surface area contributed by atoms with E-state index in [0.29, 0.717) is 32.1 Å². The maximum atomic E-state index is 13.7. The Morgan fingerprint density at radius 3 is 2.56 bits per heavy atom. The third-order valence-corrected chi connectivity index (χ3v) is 7.32. The molecule has 1 aliphatic rings. The highest BCUT2D eigenvalue weighted by Gasteiger charge is 2.33. The number of ether oxygens (including phenoxy) is 1. The number of aryl methyl sites for hydroxylation is 1. The van der Waals surface area contributed by atoms with E-state index in [2.05, 4.69) is 4.99 Å². The van der Waals surface area contributed by atoms with E-state index in [4.69, 9.17) is 9.15 Å². The molecule has 10 heteroatoms. The van der Waals surface area contributed by atoms with Crippen LogP contribution in [0.4, 0.5) is 4.39 Å². The monoisotopic (exact) mass is 546 g/mol. The minimum atomic E-state index is -1.01. The Kier molecular flexibility index (Phi) is 6.88. The number of carboxylic acid groups (broad SMARTS) is 1. The average Bonchev–Trinajstić information content (AvgIpc) is 3.48. The summed E-state index contributed by atoms with van der Waals surface area (Å²) < 4.78 is 26.7. The quantitative estimate of drug-likeness (QED) is 0.363. The smallest absolute Gasteiger partial charge is 0.338 e. The lowest BCUT2D eigenvalue weighted by atomic mass is 9.96. The Morgan fingerprint density at radius 1 is 1.15 bits per heavy atom.